The van der Waals surface area contributed by atoms with Crippen LogP contribution in [0.25, 0.3) is 0 Å². The second kappa shape index (κ2) is 4.27. The highest BCUT2D eigenvalue weighted by atomic mass is 16.7. The van der Waals surface area contributed by atoms with Crippen LogP contribution in [0.15, 0.2) is 0 Å². The van der Waals surface area contributed by atoms with Crippen molar-refractivity contribution in [3.05, 3.63) is 0 Å². The topological polar surface area (TPSA) is 35.5 Å². The molecule has 0 N–H and O–H groups in total. The van der Waals surface area contributed by atoms with Crippen LogP contribution >= 0.6 is 0 Å². The van der Waals surface area contributed by atoms with Gasteiger partial charge >= 0.3 is 6.16 Å². The van der Waals surface area contributed by atoms with Crippen molar-refractivity contribution >= 4 is 6.16 Å². The van der Waals surface area contributed by atoms with E-state index in [-0.39, 0.29) is 11.2 Å². The molecule has 16 heavy (non-hydrogen) atoms. The third-order valence-corrected chi connectivity index (χ3v) is 4.42. The highest BCUT2D eigenvalue weighted by Gasteiger charge is 2.44. The van der Waals surface area contributed by atoms with Gasteiger partial charge in [0, 0.05) is 0 Å². The predicted molar refractivity (Wildman–Crippen MR) is 61.3 cm³/mol. The summed E-state index contributed by atoms with van der Waals surface area (Å²) in [5.41, 5.74) is -0.397. The molecule has 0 bridgehead atoms. The second-order valence-electron chi connectivity index (χ2n) is 5.23. The van der Waals surface area contributed by atoms with E-state index in [1.165, 1.54) is 12.8 Å². The van der Waals surface area contributed by atoms with Crippen LogP contribution in [0.3, 0.4) is 0 Å². The summed E-state index contributed by atoms with van der Waals surface area (Å²) in [5.74, 6) is 0. The van der Waals surface area contributed by atoms with Gasteiger partial charge in [-0.3, -0.25) is 0 Å². The Balaban J connectivity index is 1.84. The van der Waals surface area contributed by atoms with Crippen molar-refractivity contribution < 1.29 is 14.3 Å². The van der Waals surface area contributed by atoms with Gasteiger partial charge < -0.3 is 9.47 Å². The lowest BCUT2D eigenvalue weighted by Gasteiger charge is -2.43. The van der Waals surface area contributed by atoms with E-state index >= 15 is 0 Å². The second-order valence-corrected chi connectivity index (χ2v) is 5.23. The molecule has 0 amide bonds. The zero-order valence-corrected chi connectivity index (χ0v) is 10.4. The summed E-state index contributed by atoms with van der Waals surface area (Å²) in [7, 11) is 0. The van der Waals surface area contributed by atoms with E-state index in [9.17, 15) is 4.79 Å². The number of ether oxygens (including phenoxy) is 2. The quantitative estimate of drug-likeness (QED) is 0.684. The molecule has 0 aromatic carbocycles. The maximum atomic E-state index is 11.7. The van der Waals surface area contributed by atoms with Crippen LogP contribution in [-0.4, -0.2) is 17.4 Å². The molecule has 92 valence electrons. The highest BCUT2D eigenvalue weighted by molar-refractivity contribution is 5.61. The molecule has 0 saturated heterocycles. The summed E-state index contributed by atoms with van der Waals surface area (Å²) in [6.45, 7) is 4.15. The number of hydrogen-bond acceptors (Lipinski definition) is 3. The van der Waals surface area contributed by atoms with Crippen molar-refractivity contribution in [2.45, 2.75) is 76.4 Å². The van der Waals surface area contributed by atoms with Gasteiger partial charge in [-0.05, 0) is 51.4 Å². The molecule has 2 aliphatic rings. The minimum Gasteiger partial charge on any atom is -0.428 e. The summed E-state index contributed by atoms with van der Waals surface area (Å²) in [5, 5.41) is 0. The molecule has 2 saturated carbocycles. The van der Waals surface area contributed by atoms with Gasteiger partial charge in [-0.15, -0.1) is 0 Å². The first-order valence-electron chi connectivity index (χ1n) is 6.56. The standard InChI is InChI=1S/C13H22O3/c1-3-12(7-5-8-12)15-11(14)16-13(4-2)9-6-10-13/h3-10H2,1-2H3. The highest BCUT2D eigenvalue weighted by Crippen LogP contribution is 2.42. The van der Waals surface area contributed by atoms with Crippen LogP contribution in [0.2, 0.25) is 0 Å². The van der Waals surface area contributed by atoms with Gasteiger partial charge in [0.15, 0.2) is 0 Å². The van der Waals surface area contributed by atoms with Gasteiger partial charge in [-0.25, -0.2) is 4.79 Å². The molecule has 0 radical (unpaired) electrons. The summed E-state index contributed by atoms with van der Waals surface area (Å²) in [6, 6.07) is 0. The summed E-state index contributed by atoms with van der Waals surface area (Å²) in [4.78, 5) is 11.7. The molecule has 0 atom stereocenters. The molecule has 0 heterocycles. The van der Waals surface area contributed by atoms with Crippen LogP contribution in [0, 0.1) is 0 Å². The normalized spacial score (nSPS) is 25.1. The van der Waals surface area contributed by atoms with Crippen molar-refractivity contribution in [2.75, 3.05) is 0 Å². The summed E-state index contributed by atoms with van der Waals surface area (Å²) < 4.78 is 11.0. The van der Waals surface area contributed by atoms with Crippen molar-refractivity contribution in [1.29, 1.82) is 0 Å². The number of hydrogen-bond donors (Lipinski definition) is 0. The van der Waals surface area contributed by atoms with Crippen LogP contribution in [0.4, 0.5) is 4.79 Å². The van der Waals surface area contributed by atoms with E-state index < -0.39 is 6.16 Å². The van der Waals surface area contributed by atoms with E-state index in [4.69, 9.17) is 9.47 Å². The van der Waals surface area contributed by atoms with Gasteiger partial charge in [-0.2, -0.15) is 0 Å². The van der Waals surface area contributed by atoms with Gasteiger partial charge in [0.1, 0.15) is 11.2 Å². The van der Waals surface area contributed by atoms with Gasteiger partial charge in [-0.1, -0.05) is 13.8 Å². The minimum absolute atomic E-state index is 0.199. The maximum Gasteiger partial charge on any atom is 0.509 e. The van der Waals surface area contributed by atoms with Gasteiger partial charge in [0.2, 0.25) is 0 Å². The molecular formula is C13H22O3. The first-order valence-corrected chi connectivity index (χ1v) is 6.56. The van der Waals surface area contributed by atoms with E-state index in [0.717, 1.165) is 38.5 Å². The lowest BCUT2D eigenvalue weighted by atomic mass is 9.78. The fourth-order valence-electron chi connectivity index (χ4n) is 2.57. The largest absolute Gasteiger partial charge is 0.509 e. The molecule has 0 aromatic heterocycles. The van der Waals surface area contributed by atoms with Crippen molar-refractivity contribution in [2.24, 2.45) is 0 Å². The molecule has 0 spiro atoms. The summed E-state index contributed by atoms with van der Waals surface area (Å²) >= 11 is 0. The first-order chi connectivity index (χ1) is 7.64. The Labute approximate surface area is 97.5 Å². The summed E-state index contributed by atoms with van der Waals surface area (Å²) in [6.07, 6.45) is 7.69. The molecule has 2 fully saturated rings. The average Bonchev–Trinajstić information content (AvgIpc) is 2.17. The molecule has 2 rings (SSSR count). The van der Waals surface area contributed by atoms with Crippen LogP contribution in [-0.2, 0) is 9.47 Å². The number of carbonyl (C=O) groups is 1. The van der Waals surface area contributed by atoms with Crippen molar-refractivity contribution in [3.63, 3.8) is 0 Å². The molecule has 0 unspecified atom stereocenters. The van der Waals surface area contributed by atoms with E-state index in [2.05, 4.69) is 13.8 Å². The van der Waals surface area contributed by atoms with Crippen molar-refractivity contribution in [3.8, 4) is 0 Å². The van der Waals surface area contributed by atoms with E-state index in [0.29, 0.717) is 0 Å². The zero-order valence-electron chi connectivity index (χ0n) is 10.4. The Morgan fingerprint density at radius 1 is 0.938 bits per heavy atom. The SMILES string of the molecule is CCC1(OC(=O)OC2(CC)CCC2)CCC1. The molecule has 0 aromatic rings. The minimum atomic E-state index is -0.442. The Hall–Kier alpha value is -0.730. The van der Waals surface area contributed by atoms with Crippen LogP contribution < -0.4 is 0 Å². The fraction of sp³-hybridized carbons (Fsp3) is 0.923. The molecule has 3 heteroatoms. The third-order valence-electron chi connectivity index (χ3n) is 4.42. The first kappa shape index (κ1) is 11.7. The number of carbonyl (C=O) groups excluding carboxylic acids is 1. The van der Waals surface area contributed by atoms with E-state index in [1.807, 2.05) is 0 Å². The smallest absolute Gasteiger partial charge is 0.428 e. The molecule has 0 aliphatic heterocycles. The van der Waals surface area contributed by atoms with Crippen molar-refractivity contribution in [1.82, 2.24) is 0 Å². The number of rotatable bonds is 4. The third kappa shape index (κ3) is 2.04. The van der Waals surface area contributed by atoms with E-state index in [1.54, 1.807) is 0 Å². The predicted octanol–water partition coefficient (Wildman–Crippen LogP) is 3.81. The van der Waals surface area contributed by atoms with Crippen LogP contribution in [0.5, 0.6) is 0 Å². The maximum absolute atomic E-state index is 11.7. The molecule has 3 nitrogen and oxygen atoms in total. The average molecular weight is 226 g/mol. The van der Waals surface area contributed by atoms with Gasteiger partial charge in [0.25, 0.3) is 0 Å². The Morgan fingerprint density at radius 2 is 1.31 bits per heavy atom. The van der Waals surface area contributed by atoms with Crippen LogP contribution in [0.1, 0.15) is 65.2 Å². The molecule has 2 aliphatic carbocycles. The monoisotopic (exact) mass is 226 g/mol. The fourth-order valence-corrected chi connectivity index (χ4v) is 2.57. The van der Waals surface area contributed by atoms with Gasteiger partial charge in [0.05, 0.1) is 0 Å². The lowest BCUT2D eigenvalue weighted by molar-refractivity contribution is -0.130. The Bertz CT molecular complexity index is 227. The zero-order chi connectivity index (χ0) is 11.6. The lowest BCUT2D eigenvalue weighted by Crippen LogP contribution is -2.46. The Kier molecular flexibility index (Phi) is 3.13. The Morgan fingerprint density at radius 3 is 1.50 bits per heavy atom. The molecular weight excluding hydrogens is 204 g/mol.